The van der Waals surface area contributed by atoms with E-state index in [1.165, 1.54) is 0 Å². The van der Waals surface area contributed by atoms with Crippen LogP contribution in [0.25, 0.3) is 0 Å². The summed E-state index contributed by atoms with van der Waals surface area (Å²) < 4.78 is 21.8. The highest BCUT2D eigenvalue weighted by Gasteiger charge is 2.14. The number of rotatable bonds is 3. The molecule has 0 amide bonds. The molecule has 1 aromatic rings. The van der Waals surface area contributed by atoms with Gasteiger partial charge in [-0.25, -0.2) is 23.2 Å². The molecule has 0 fully saturated rings. The van der Waals surface area contributed by atoms with Crippen LogP contribution in [0.2, 0.25) is 5.02 Å². The van der Waals surface area contributed by atoms with E-state index < -0.39 is 27.3 Å². The summed E-state index contributed by atoms with van der Waals surface area (Å²) in [6.07, 6.45) is 2.07. The zero-order chi connectivity index (χ0) is 11.6. The summed E-state index contributed by atoms with van der Waals surface area (Å²) >= 11 is 5.51. The van der Waals surface area contributed by atoms with E-state index in [0.717, 1.165) is 12.5 Å². The Bertz CT molecular complexity index is 500. The van der Waals surface area contributed by atoms with E-state index in [-0.39, 0.29) is 10.8 Å². The molecule has 0 saturated carbocycles. The minimum atomic E-state index is -3.29. The first-order valence-electron chi connectivity index (χ1n) is 3.72. The van der Waals surface area contributed by atoms with Gasteiger partial charge in [0.05, 0.1) is 11.2 Å². The maximum atomic E-state index is 10.9. The number of sulfone groups is 1. The molecular formula is C7H7ClN2O4S. The molecule has 0 aromatic carbocycles. The maximum absolute atomic E-state index is 10.9. The second kappa shape index (κ2) is 4.11. The molecule has 0 spiro atoms. The van der Waals surface area contributed by atoms with Gasteiger partial charge in [0, 0.05) is 6.26 Å². The number of hydrogen-bond donors (Lipinski definition) is 1. The lowest BCUT2D eigenvalue weighted by Gasteiger charge is -2.01. The van der Waals surface area contributed by atoms with Crippen molar-refractivity contribution in [2.75, 3.05) is 6.26 Å². The number of carbonyl (C=O) groups is 1. The van der Waals surface area contributed by atoms with Gasteiger partial charge >= 0.3 is 5.97 Å². The quantitative estimate of drug-likeness (QED) is 0.833. The number of hydrogen-bond acceptors (Lipinski definition) is 5. The van der Waals surface area contributed by atoms with Crippen molar-refractivity contribution in [2.45, 2.75) is 5.75 Å². The third-order valence-corrected chi connectivity index (χ3v) is 2.45. The third-order valence-electron chi connectivity index (χ3n) is 1.39. The van der Waals surface area contributed by atoms with Gasteiger partial charge in [-0.15, -0.1) is 0 Å². The Balaban J connectivity index is 3.14. The van der Waals surface area contributed by atoms with Crippen LogP contribution in [-0.2, 0) is 15.6 Å². The van der Waals surface area contributed by atoms with Crippen LogP contribution in [0, 0.1) is 0 Å². The Morgan fingerprint density at radius 3 is 2.67 bits per heavy atom. The van der Waals surface area contributed by atoms with Crippen LogP contribution in [0.1, 0.15) is 16.3 Å². The normalized spacial score (nSPS) is 11.3. The summed E-state index contributed by atoms with van der Waals surface area (Å²) in [6.45, 7) is 0. The van der Waals surface area contributed by atoms with Gasteiger partial charge in [-0.3, -0.25) is 0 Å². The highest BCUT2D eigenvalue weighted by molar-refractivity contribution is 7.89. The Kier molecular flexibility index (Phi) is 3.25. The highest BCUT2D eigenvalue weighted by atomic mass is 35.5. The molecule has 82 valence electrons. The van der Waals surface area contributed by atoms with Crippen molar-refractivity contribution in [3.63, 3.8) is 0 Å². The van der Waals surface area contributed by atoms with Gasteiger partial charge in [0.1, 0.15) is 11.6 Å². The van der Waals surface area contributed by atoms with Crippen LogP contribution < -0.4 is 0 Å². The summed E-state index contributed by atoms with van der Waals surface area (Å²) in [7, 11) is -3.29. The van der Waals surface area contributed by atoms with Crippen LogP contribution in [0.5, 0.6) is 0 Å². The van der Waals surface area contributed by atoms with Crippen molar-refractivity contribution >= 4 is 27.4 Å². The van der Waals surface area contributed by atoms with Crippen LogP contribution in [0.3, 0.4) is 0 Å². The van der Waals surface area contributed by atoms with Crippen LogP contribution in [0.15, 0.2) is 6.20 Å². The molecule has 0 atom stereocenters. The molecule has 0 unspecified atom stereocenters. The lowest BCUT2D eigenvalue weighted by Crippen LogP contribution is -2.10. The molecule has 1 heterocycles. The van der Waals surface area contributed by atoms with Gasteiger partial charge in [-0.1, -0.05) is 11.6 Å². The molecule has 1 aromatic heterocycles. The van der Waals surface area contributed by atoms with Crippen molar-refractivity contribution < 1.29 is 18.3 Å². The zero-order valence-electron chi connectivity index (χ0n) is 7.64. The van der Waals surface area contributed by atoms with Crippen LogP contribution in [0.4, 0.5) is 0 Å². The highest BCUT2D eigenvalue weighted by Crippen LogP contribution is 2.12. The first-order chi connectivity index (χ1) is 6.79. The van der Waals surface area contributed by atoms with E-state index in [2.05, 4.69) is 9.97 Å². The molecule has 1 N–H and O–H groups in total. The Labute approximate surface area is 90.8 Å². The van der Waals surface area contributed by atoms with Gasteiger partial charge in [0.2, 0.25) is 0 Å². The van der Waals surface area contributed by atoms with Gasteiger partial charge < -0.3 is 5.11 Å². The number of carboxylic acid groups (broad SMARTS) is 1. The standard InChI is InChI=1S/C7H7ClN2O4S/c1-15(13,14)3-5-9-2-4(8)6(10-5)7(11)12/h2H,3H2,1H3,(H,11,12). The van der Waals surface area contributed by atoms with Crippen molar-refractivity contribution in [2.24, 2.45) is 0 Å². The van der Waals surface area contributed by atoms with E-state index in [0.29, 0.717) is 0 Å². The van der Waals surface area contributed by atoms with Gasteiger partial charge in [0.15, 0.2) is 15.5 Å². The third kappa shape index (κ3) is 3.45. The smallest absolute Gasteiger partial charge is 0.356 e. The number of aromatic carboxylic acids is 1. The maximum Gasteiger partial charge on any atom is 0.356 e. The van der Waals surface area contributed by atoms with E-state index in [9.17, 15) is 13.2 Å². The van der Waals surface area contributed by atoms with Crippen molar-refractivity contribution in [3.05, 3.63) is 22.7 Å². The minimum Gasteiger partial charge on any atom is -0.476 e. The number of halogens is 1. The van der Waals surface area contributed by atoms with Crippen molar-refractivity contribution in [1.29, 1.82) is 0 Å². The summed E-state index contributed by atoms with van der Waals surface area (Å²) in [5.41, 5.74) is -0.398. The largest absolute Gasteiger partial charge is 0.476 e. The van der Waals surface area contributed by atoms with Gasteiger partial charge in [0.25, 0.3) is 0 Å². The second-order valence-corrected chi connectivity index (χ2v) is 5.41. The van der Waals surface area contributed by atoms with Gasteiger partial charge in [-0.2, -0.15) is 0 Å². The Hall–Kier alpha value is -1.21. The predicted molar refractivity (Wildman–Crippen MR) is 52.5 cm³/mol. The topological polar surface area (TPSA) is 97.2 Å². The molecule has 0 aliphatic heterocycles. The first kappa shape index (κ1) is 11.9. The summed E-state index contributed by atoms with van der Waals surface area (Å²) in [5.74, 6) is -1.82. The molecule has 15 heavy (non-hydrogen) atoms. The average Bonchev–Trinajstić information content (AvgIpc) is 2.05. The van der Waals surface area contributed by atoms with Crippen LogP contribution in [-0.4, -0.2) is 35.7 Å². The minimum absolute atomic E-state index is 0.0840. The van der Waals surface area contributed by atoms with Crippen molar-refractivity contribution in [3.8, 4) is 0 Å². The van der Waals surface area contributed by atoms with Crippen molar-refractivity contribution in [1.82, 2.24) is 9.97 Å². The number of nitrogens with zero attached hydrogens (tertiary/aromatic N) is 2. The lowest BCUT2D eigenvalue weighted by molar-refractivity contribution is 0.0690. The molecule has 6 nitrogen and oxygen atoms in total. The fraction of sp³-hybridized carbons (Fsp3) is 0.286. The molecule has 0 bridgehead atoms. The fourth-order valence-electron chi connectivity index (χ4n) is 0.858. The van der Waals surface area contributed by atoms with Gasteiger partial charge in [-0.05, 0) is 0 Å². The Morgan fingerprint density at radius 1 is 1.60 bits per heavy atom. The van der Waals surface area contributed by atoms with E-state index in [4.69, 9.17) is 16.7 Å². The first-order valence-corrected chi connectivity index (χ1v) is 6.16. The average molecular weight is 251 g/mol. The zero-order valence-corrected chi connectivity index (χ0v) is 9.21. The second-order valence-electron chi connectivity index (χ2n) is 2.86. The summed E-state index contributed by atoms with van der Waals surface area (Å²) in [4.78, 5) is 17.8. The fourth-order valence-corrected chi connectivity index (χ4v) is 1.64. The van der Waals surface area contributed by atoms with E-state index in [1.54, 1.807) is 0 Å². The van der Waals surface area contributed by atoms with E-state index in [1.807, 2.05) is 0 Å². The number of carboxylic acids is 1. The monoisotopic (exact) mass is 250 g/mol. The van der Waals surface area contributed by atoms with Crippen LogP contribution >= 0.6 is 11.6 Å². The molecule has 0 aliphatic rings. The molecule has 0 saturated heterocycles. The Morgan fingerprint density at radius 2 is 2.20 bits per heavy atom. The molecule has 8 heteroatoms. The molecule has 0 aliphatic carbocycles. The summed E-state index contributed by atoms with van der Waals surface area (Å²) in [5, 5.41) is 8.54. The lowest BCUT2D eigenvalue weighted by atomic mass is 10.4. The molecule has 1 rings (SSSR count). The SMILES string of the molecule is CS(=O)(=O)Cc1ncc(Cl)c(C(=O)O)n1. The molecule has 0 radical (unpaired) electrons. The number of aromatic nitrogens is 2. The molecular weight excluding hydrogens is 244 g/mol. The summed E-state index contributed by atoms with van der Waals surface area (Å²) in [6, 6.07) is 0. The van der Waals surface area contributed by atoms with E-state index >= 15 is 0 Å². The predicted octanol–water partition coefficient (Wildman–Crippen LogP) is 0.373.